The average molecular weight is 290 g/mol. The minimum absolute atomic E-state index is 0.0281. The number of nitrogens with one attached hydrogen (secondary N) is 1. The summed E-state index contributed by atoms with van der Waals surface area (Å²) in [6, 6.07) is 2.85. The smallest absolute Gasteiger partial charge is 0.248 e. The van der Waals surface area contributed by atoms with Crippen LogP contribution in [0.5, 0.6) is 5.75 Å². The van der Waals surface area contributed by atoms with Crippen LogP contribution >= 0.6 is 11.3 Å². The zero-order valence-electron chi connectivity index (χ0n) is 10.7. The molecule has 3 rings (SSSR count). The summed E-state index contributed by atoms with van der Waals surface area (Å²) in [6.45, 7) is 0.819. The molecule has 1 saturated heterocycles. The first-order valence-electron chi connectivity index (χ1n) is 6.36. The van der Waals surface area contributed by atoms with E-state index < -0.39 is 0 Å². The number of amides is 1. The van der Waals surface area contributed by atoms with E-state index >= 15 is 0 Å². The molecule has 0 saturated carbocycles. The summed E-state index contributed by atoms with van der Waals surface area (Å²) >= 11 is 1.52. The number of hydrogen-bond donors (Lipinski definition) is 2. The van der Waals surface area contributed by atoms with E-state index in [4.69, 9.17) is 0 Å². The minimum atomic E-state index is -0.262. The van der Waals surface area contributed by atoms with Gasteiger partial charge in [0, 0.05) is 24.3 Å². The van der Waals surface area contributed by atoms with Crippen molar-refractivity contribution in [3.63, 3.8) is 0 Å². The second-order valence-electron chi connectivity index (χ2n) is 4.53. The van der Waals surface area contributed by atoms with Gasteiger partial charge < -0.3 is 15.3 Å². The summed E-state index contributed by atoms with van der Waals surface area (Å²) in [5.74, 6) is 0.00911. The highest BCUT2D eigenvalue weighted by atomic mass is 32.1. The highest BCUT2D eigenvalue weighted by Crippen LogP contribution is 2.28. The van der Waals surface area contributed by atoms with Gasteiger partial charge in [0.2, 0.25) is 5.91 Å². The standard InChI is InChI=1S/C13H14N4O2S/c18-10-4-1-5-14-11(10)16-12(19)9-3-2-7-17(9)13-15-6-8-20-13/h1,4-6,8-9,18H,2-3,7H2,(H,14,16,19)/t9-/m1/s1. The van der Waals surface area contributed by atoms with Crippen LogP contribution in [0.25, 0.3) is 0 Å². The van der Waals surface area contributed by atoms with Crippen LogP contribution in [0, 0.1) is 0 Å². The first-order chi connectivity index (χ1) is 9.75. The number of nitrogens with zero attached hydrogens (tertiary/aromatic N) is 3. The van der Waals surface area contributed by atoms with E-state index in [1.165, 1.54) is 23.6 Å². The molecule has 1 atom stereocenters. The first-order valence-corrected chi connectivity index (χ1v) is 7.24. The SMILES string of the molecule is O=C(Nc1ncccc1O)[C@H]1CCCN1c1nccs1. The van der Waals surface area contributed by atoms with Gasteiger partial charge in [-0.05, 0) is 25.0 Å². The molecule has 0 aliphatic carbocycles. The van der Waals surface area contributed by atoms with Crippen molar-refractivity contribution in [3.05, 3.63) is 29.9 Å². The number of hydrogen-bond acceptors (Lipinski definition) is 6. The third kappa shape index (κ3) is 2.44. The lowest BCUT2D eigenvalue weighted by Gasteiger charge is -2.22. The predicted molar refractivity (Wildman–Crippen MR) is 77.0 cm³/mol. The van der Waals surface area contributed by atoms with Gasteiger partial charge in [0.05, 0.1) is 0 Å². The fourth-order valence-corrected chi connectivity index (χ4v) is 3.04. The molecule has 104 valence electrons. The highest BCUT2D eigenvalue weighted by molar-refractivity contribution is 7.13. The van der Waals surface area contributed by atoms with Crippen LogP contribution in [0.2, 0.25) is 0 Å². The lowest BCUT2D eigenvalue weighted by Crippen LogP contribution is -2.39. The first kappa shape index (κ1) is 12.9. The fourth-order valence-electron chi connectivity index (χ4n) is 2.32. The second kappa shape index (κ2) is 5.46. The number of rotatable bonds is 3. The predicted octanol–water partition coefficient (Wildman–Crippen LogP) is 1.85. The van der Waals surface area contributed by atoms with Crippen LogP contribution in [0.15, 0.2) is 29.9 Å². The maximum Gasteiger partial charge on any atom is 0.248 e. The molecule has 2 aromatic rings. The summed E-state index contributed by atoms with van der Waals surface area (Å²) in [6.07, 6.45) is 4.99. The lowest BCUT2D eigenvalue weighted by atomic mass is 10.2. The van der Waals surface area contributed by atoms with Crippen molar-refractivity contribution < 1.29 is 9.90 Å². The Morgan fingerprint density at radius 3 is 3.10 bits per heavy atom. The average Bonchev–Trinajstić information content (AvgIpc) is 3.11. The van der Waals surface area contributed by atoms with Gasteiger partial charge in [-0.2, -0.15) is 0 Å². The Labute approximate surface area is 120 Å². The van der Waals surface area contributed by atoms with Gasteiger partial charge in [0.25, 0.3) is 0 Å². The number of anilines is 2. The maximum atomic E-state index is 12.3. The van der Waals surface area contributed by atoms with Crippen LogP contribution in [0.4, 0.5) is 10.9 Å². The van der Waals surface area contributed by atoms with Crippen molar-refractivity contribution in [3.8, 4) is 5.75 Å². The molecule has 0 unspecified atom stereocenters. The molecule has 1 amide bonds. The molecule has 3 heterocycles. The Balaban J connectivity index is 1.75. The molecule has 2 N–H and O–H groups in total. The topological polar surface area (TPSA) is 78.3 Å². The van der Waals surface area contributed by atoms with Crippen LogP contribution in [-0.2, 0) is 4.79 Å². The van der Waals surface area contributed by atoms with Crippen LogP contribution in [-0.4, -0.2) is 33.6 Å². The van der Waals surface area contributed by atoms with Crippen molar-refractivity contribution in [2.45, 2.75) is 18.9 Å². The second-order valence-corrected chi connectivity index (χ2v) is 5.40. The third-order valence-electron chi connectivity index (χ3n) is 3.25. The molecule has 1 fully saturated rings. The summed E-state index contributed by atoms with van der Waals surface area (Å²) in [5.41, 5.74) is 0. The van der Waals surface area contributed by atoms with Gasteiger partial charge in [-0.1, -0.05) is 0 Å². The molecule has 7 heteroatoms. The summed E-state index contributed by atoms with van der Waals surface area (Å²) in [7, 11) is 0. The Hall–Kier alpha value is -2.15. The molecule has 6 nitrogen and oxygen atoms in total. The normalized spacial score (nSPS) is 18.2. The van der Waals surface area contributed by atoms with Gasteiger partial charge in [-0.25, -0.2) is 9.97 Å². The molecule has 1 aliphatic rings. The van der Waals surface area contributed by atoms with Gasteiger partial charge in [-0.15, -0.1) is 11.3 Å². The molecule has 20 heavy (non-hydrogen) atoms. The van der Waals surface area contributed by atoms with Crippen molar-refractivity contribution in [2.24, 2.45) is 0 Å². The number of pyridine rings is 1. The van der Waals surface area contributed by atoms with E-state index in [1.54, 1.807) is 12.3 Å². The van der Waals surface area contributed by atoms with Crippen molar-refractivity contribution in [1.82, 2.24) is 9.97 Å². The van der Waals surface area contributed by atoms with Crippen LogP contribution in [0.1, 0.15) is 12.8 Å². The zero-order chi connectivity index (χ0) is 13.9. The van der Waals surface area contributed by atoms with E-state index in [2.05, 4.69) is 15.3 Å². The van der Waals surface area contributed by atoms with Crippen molar-refractivity contribution in [2.75, 3.05) is 16.8 Å². The Morgan fingerprint density at radius 2 is 2.35 bits per heavy atom. The molecule has 0 aromatic carbocycles. The number of aromatic nitrogens is 2. The Bertz CT molecular complexity index is 602. The minimum Gasteiger partial charge on any atom is -0.504 e. The van der Waals surface area contributed by atoms with Crippen LogP contribution in [0.3, 0.4) is 0 Å². The number of thiazole rings is 1. The zero-order valence-corrected chi connectivity index (χ0v) is 11.5. The molecule has 2 aromatic heterocycles. The van der Waals surface area contributed by atoms with E-state index in [-0.39, 0.29) is 23.5 Å². The van der Waals surface area contributed by atoms with Gasteiger partial charge >= 0.3 is 0 Å². The molecule has 1 aliphatic heterocycles. The molecule has 0 spiro atoms. The molecular weight excluding hydrogens is 276 g/mol. The number of carbonyl (C=O) groups is 1. The van der Waals surface area contributed by atoms with Gasteiger partial charge in [0.15, 0.2) is 16.7 Å². The third-order valence-corrected chi connectivity index (χ3v) is 4.06. The summed E-state index contributed by atoms with van der Waals surface area (Å²) in [4.78, 5) is 22.6. The van der Waals surface area contributed by atoms with Crippen molar-refractivity contribution >= 4 is 28.2 Å². The summed E-state index contributed by atoms with van der Waals surface area (Å²) < 4.78 is 0. The highest BCUT2D eigenvalue weighted by Gasteiger charge is 2.32. The Morgan fingerprint density at radius 1 is 1.45 bits per heavy atom. The number of carbonyl (C=O) groups excluding carboxylic acids is 1. The largest absolute Gasteiger partial charge is 0.504 e. The van der Waals surface area contributed by atoms with E-state index in [0.717, 1.165) is 24.5 Å². The monoisotopic (exact) mass is 290 g/mol. The maximum absolute atomic E-state index is 12.3. The van der Waals surface area contributed by atoms with E-state index in [9.17, 15) is 9.90 Å². The lowest BCUT2D eigenvalue weighted by molar-refractivity contribution is -0.117. The van der Waals surface area contributed by atoms with Gasteiger partial charge in [-0.3, -0.25) is 4.79 Å². The van der Waals surface area contributed by atoms with E-state index in [0.29, 0.717) is 0 Å². The fraction of sp³-hybridized carbons (Fsp3) is 0.308. The van der Waals surface area contributed by atoms with Crippen molar-refractivity contribution in [1.29, 1.82) is 0 Å². The quantitative estimate of drug-likeness (QED) is 0.902. The number of aromatic hydroxyl groups is 1. The van der Waals surface area contributed by atoms with E-state index in [1.807, 2.05) is 10.3 Å². The molecular formula is C13H14N4O2S. The molecule has 0 radical (unpaired) electrons. The van der Waals surface area contributed by atoms with Gasteiger partial charge in [0.1, 0.15) is 6.04 Å². The van der Waals surface area contributed by atoms with Crippen LogP contribution < -0.4 is 10.2 Å². The Kier molecular flexibility index (Phi) is 3.51. The summed E-state index contributed by atoms with van der Waals surface area (Å²) in [5, 5.41) is 15.1. The molecule has 0 bridgehead atoms.